The van der Waals surface area contributed by atoms with Gasteiger partial charge in [-0.05, 0) is 30.5 Å². The molecule has 0 bridgehead atoms. The lowest BCUT2D eigenvalue weighted by Gasteiger charge is -2.25. The van der Waals surface area contributed by atoms with Crippen molar-refractivity contribution in [2.75, 3.05) is 13.7 Å². The highest BCUT2D eigenvalue weighted by Gasteiger charge is 2.36. The van der Waals surface area contributed by atoms with E-state index < -0.39 is 0 Å². The molecule has 15 heavy (non-hydrogen) atoms. The van der Waals surface area contributed by atoms with E-state index in [4.69, 9.17) is 4.74 Å². The van der Waals surface area contributed by atoms with Crippen molar-refractivity contribution in [1.29, 1.82) is 0 Å². The second-order valence-corrected chi connectivity index (χ2v) is 4.47. The molecule has 1 aliphatic rings. The average molecular weight is 206 g/mol. The van der Waals surface area contributed by atoms with Crippen LogP contribution in [0.4, 0.5) is 0 Å². The molecule has 0 spiro atoms. The van der Waals surface area contributed by atoms with E-state index in [9.17, 15) is 0 Å². The molecule has 0 saturated heterocycles. The summed E-state index contributed by atoms with van der Waals surface area (Å²) in [4.78, 5) is 0. The Morgan fingerprint density at radius 1 is 1.20 bits per heavy atom. The molecule has 2 heteroatoms. The summed E-state index contributed by atoms with van der Waals surface area (Å²) in [5.74, 6) is 0.941. The summed E-state index contributed by atoms with van der Waals surface area (Å²) < 4.78 is 5.18. The number of ether oxygens (including phenoxy) is 1. The lowest BCUT2D eigenvalue weighted by Crippen LogP contribution is -2.59. The number of hydrogen-bond acceptors (Lipinski definition) is 1. The Bertz CT molecular complexity index is 312. The third-order valence-electron chi connectivity index (χ3n) is 3.74. The fourth-order valence-electron chi connectivity index (χ4n) is 2.68. The zero-order valence-corrected chi connectivity index (χ0v) is 9.46. The predicted molar refractivity (Wildman–Crippen MR) is 60.9 cm³/mol. The molecule has 3 N–H and O–H groups in total. The van der Waals surface area contributed by atoms with E-state index in [-0.39, 0.29) is 0 Å². The Hall–Kier alpha value is -1.02. The highest BCUT2D eigenvalue weighted by Crippen LogP contribution is 2.40. The number of rotatable bonds is 3. The zero-order chi connectivity index (χ0) is 10.7. The van der Waals surface area contributed by atoms with Crippen molar-refractivity contribution >= 4 is 0 Å². The van der Waals surface area contributed by atoms with Gasteiger partial charge in [0.2, 0.25) is 0 Å². The summed E-state index contributed by atoms with van der Waals surface area (Å²) in [7, 11) is 1.71. The third-order valence-corrected chi connectivity index (χ3v) is 3.74. The summed E-state index contributed by atoms with van der Waals surface area (Å²) in [5, 5.41) is 0. The van der Waals surface area contributed by atoms with Gasteiger partial charge in [-0.15, -0.1) is 0 Å². The van der Waals surface area contributed by atoms with E-state index in [0.29, 0.717) is 5.41 Å². The van der Waals surface area contributed by atoms with Gasteiger partial charge in [-0.1, -0.05) is 25.0 Å². The van der Waals surface area contributed by atoms with Crippen molar-refractivity contribution in [3.63, 3.8) is 0 Å². The van der Waals surface area contributed by atoms with Crippen molar-refractivity contribution in [3.05, 3.63) is 29.8 Å². The Balaban J connectivity index is 2.26. The van der Waals surface area contributed by atoms with Gasteiger partial charge in [-0.3, -0.25) is 0 Å². The van der Waals surface area contributed by atoms with Gasteiger partial charge in [-0.25, -0.2) is 0 Å². The molecular weight excluding hydrogens is 186 g/mol. The van der Waals surface area contributed by atoms with Crippen LogP contribution < -0.4 is 10.5 Å². The van der Waals surface area contributed by atoms with Crippen LogP contribution in [0, 0.1) is 0 Å². The summed E-state index contributed by atoms with van der Waals surface area (Å²) in [6.07, 6.45) is 5.29. The lowest BCUT2D eigenvalue weighted by molar-refractivity contribution is -0.382. The first-order valence-electron chi connectivity index (χ1n) is 5.74. The van der Waals surface area contributed by atoms with Crippen LogP contribution in [-0.2, 0) is 5.41 Å². The Morgan fingerprint density at radius 2 is 1.80 bits per heavy atom. The lowest BCUT2D eigenvalue weighted by atomic mass is 9.79. The highest BCUT2D eigenvalue weighted by molar-refractivity contribution is 5.33. The molecule has 0 radical (unpaired) electrons. The maximum Gasteiger partial charge on any atom is 0.118 e. The molecule has 1 saturated carbocycles. The molecule has 2 nitrogen and oxygen atoms in total. The molecule has 1 aromatic carbocycles. The van der Waals surface area contributed by atoms with Gasteiger partial charge in [-0.2, -0.15) is 0 Å². The molecule has 0 amide bonds. The monoisotopic (exact) mass is 206 g/mol. The maximum absolute atomic E-state index is 5.18. The van der Waals surface area contributed by atoms with Crippen LogP contribution in [0.15, 0.2) is 24.3 Å². The minimum atomic E-state index is 0.353. The minimum Gasteiger partial charge on any atom is -0.497 e. The van der Waals surface area contributed by atoms with E-state index in [2.05, 4.69) is 30.0 Å². The Morgan fingerprint density at radius 3 is 2.27 bits per heavy atom. The van der Waals surface area contributed by atoms with Gasteiger partial charge in [0.25, 0.3) is 0 Å². The first-order valence-corrected chi connectivity index (χ1v) is 5.74. The van der Waals surface area contributed by atoms with Crippen molar-refractivity contribution in [2.24, 2.45) is 0 Å². The van der Waals surface area contributed by atoms with E-state index >= 15 is 0 Å². The molecule has 1 aromatic rings. The summed E-state index contributed by atoms with van der Waals surface area (Å²) in [6, 6.07) is 8.53. The summed E-state index contributed by atoms with van der Waals surface area (Å²) in [5.41, 5.74) is 5.92. The van der Waals surface area contributed by atoms with Crippen LogP contribution in [0.2, 0.25) is 0 Å². The predicted octanol–water partition coefficient (Wildman–Crippen LogP) is 1.75. The molecule has 0 aromatic heterocycles. The van der Waals surface area contributed by atoms with Crippen molar-refractivity contribution in [1.82, 2.24) is 0 Å². The average Bonchev–Trinajstić information content (AvgIpc) is 2.79. The van der Waals surface area contributed by atoms with Crippen LogP contribution >= 0.6 is 0 Å². The number of methoxy groups -OCH3 is 1. The Kier molecular flexibility index (Phi) is 2.96. The molecule has 0 unspecified atom stereocenters. The smallest absolute Gasteiger partial charge is 0.118 e. The normalized spacial score (nSPS) is 19.1. The van der Waals surface area contributed by atoms with E-state index in [1.54, 1.807) is 7.11 Å². The van der Waals surface area contributed by atoms with Gasteiger partial charge in [0.15, 0.2) is 0 Å². The first kappa shape index (κ1) is 10.5. The second kappa shape index (κ2) is 4.23. The van der Waals surface area contributed by atoms with Crippen LogP contribution in [0.1, 0.15) is 31.2 Å². The van der Waals surface area contributed by atoms with Crippen molar-refractivity contribution in [3.8, 4) is 5.75 Å². The topological polar surface area (TPSA) is 36.9 Å². The first-order chi connectivity index (χ1) is 7.30. The number of hydrogen-bond donors (Lipinski definition) is 1. The fourth-order valence-corrected chi connectivity index (χ4v) is 2.68. The van der Waals surface area contributed by atoms with E-state index in [0.717, 1.165) is 12.3 Å². The molecular formula is C13H20NO+. The van der Waals surface area contributed by atoms with Gasteiger partial charge in [0.05, 0.1) is 13.7 Å². The van der Waals surface area contributed by atoms with Crippen LogP contribution in [0.3, 0.4) is 0 Å². The highest BCUT2D eigenvalue weighted by atomic mass is 16.5. The molecule has 0 heterocycles. The SMILES string of the molecule is COc1ccc(C2(C[NH3+])CCCC2)cc1. The zero-order valence-electron chi connectivity index (χ0n) is 9.46. The molecule has 0 aliphatic heterocycles. The summed E-state index contributed by atoms with van der Waals surface area (Å²) >= 11 is 0. The largest absolute Gasteiger partial charge is 0.497 e. The minimum absolute atomic E-state index is 0.353. The van der Waals surface area contributed by atoms with E-state index in [1.165, 1.54) is 31.2 Å². The van der Waals surface area contributed by atoms with Crippen molar-refractivity contribution < 1.29 is 10.5 Å². The molecule has 2 rings (SSSR count). The van der Waals surface area contributed by atoms with Crippen LogP contribution in [-0.4, -0.2) is 13.7 Å². The van der Waals surface area contributed by atoms with Gasteiger partial charge < -0.3 is 10.5 Å². The maximum atomic E-state index is 5.18. The number of quaternary nitrogens is 1. The van der Waals surface area contributed by atoms with Crippen molar-refractivity contribution in [2.45, 2.75) is 31.1 Å². The van der Waals surface area contributed by atoms with Gasteiger partial charge >= 0.3 is 0 Å². The quantitative estimate of drug-likeness (QED) is 0.803. The summed E-state index contributed by atoms with van der Waals surface area (Å²) in [6.45, 7) is 1.01. The number of benzene rings is 1. The van der Waals surface area contributed by atoms with Gasteiger partial charge in [0.1, 0.15) is 5.75 Å². The van der Waals surface area contributed by atoms with E-state index in [1.807, 2.05) is 0 Å². The molecule has 1 fully saturated rings. The third kappa shape index (κ3) is 1.86. The van der Waals surface area contributed by atoms with Crippen LogP contribution in [0.25, 0.3) is 0 Å². The van der Waals surface area contributed by atoms with Crippen LogP contribution in [0.5, 0.6) is 5.75 Å². The standard InChI is InChI=1S/C13H19NO/c1-15-12-6-4-11(5-7-12)13(10-14)8-2-3-9-13/h4-7H,2-3,8-10,14H2,1H3/p+1. The molecule has 1 aliphatic carbocycles. The Labute approximate surface area is 91.4 Å². The van der Waals surface area contributed by atoms with Gasteiger partial charge in [0, 0.05) is 5.41 Å². The molecule has 82 valence electrons. The second-order valence-electron chi connectivity index (χ2n) is 4.47. The molecule has 0 atom stereocenters. The fraction of sp³-hybridized carbons (Fsp3) is 0.538.